The quantitative estimate of drug-likeness (QED) is 0.861. The molecule has 0 spiro atoms. The van der Waals surface area contributed by atoms with Crippen LogP contribution in [0.5, 0.6) is 0 Å². The van der Waals surface area contributed by atoms with Crippen LogP contribution in [0.15, 0.2) is 9.98 Å². The maximum atomic E-state index is 8.90. The van der Waals surface area contributed by atoms with Crippen LogP contribution in [0.25, 0.3) is 0 Å². The summed E-state index contributed by atoms with van der Waals surface area (Å²) in [5.41, 5.74) is 0. The zero-order valence-corrected chi connectivity index (χ0v) is 9.15. The van der Waals surface area contributed by atoms with E-state index in [2.05, 4.69) is 26.2 Å². The van der Waals surface area contributed by atoms with Crippen LogP contribution in [0.1, 0.15) is 13.3 Å². The van der Waals surface area contributed by atoms with Crippen molar-refractivity contribution in [2.45, 2.75) is 19.4 Å². The van der Waals surface area contributed by atoms with Gasteiger partial charge in [-0.3, -0.25) is 0 Å². The molecule has 1 heterocycles. The van der Waals surface area contributed by atoms with Gasteiger partial charge in [0.1, 0.15) is 0 Å². The molecule has 2 N–H and O–H groups in total. The first kappa shape index (κ1) is 9.95. The maximum Gasteiger partial charge on any atom is 0.184 e. The molecule has 1 atom stereocenters. The maximum absolute atomic E-state index is 8.90. The van der Waals surface area contributed by atoms with E-state index in [9.17, 15) is 0 Å². The minimum atomic E-state index is 0.114. The molecule has 0 aliphatic rings. The summed E-state index contributed by atoms with van der Waals surface area (Å²) in [5, 5.41) is 12.9. The van der Waals surface area contributed by atoms with Crippen molar-refractivity contribution in [1.29, 1.82) is 0 Å². The molecule has 0 aliphatic heterocycles. The van der Waals surface area contributed by atoms with Crippen molar-refractivity contribution in [2.75, 3.05) is 11.9 Å². The van der Waals surface area contributed by atoms with E-state index in [1.807, 2.05) is 6.92 Å². The summed E-state index contributed by atoms with van der Waals surface area (Å²) in [6.07, 6.45) is 2.64. The standard InChI is InChI=1S/C7H11BrN2OS/c1-2-5(4-11)10-7-9-3-6(8)12-7/h3,5,11H,2,4H2,1H3,(H,9,10)/t5-/m1/s1. The summed E-state index contributed by atoms with van der Waals surface area (Å²) in [7, 11) is 0. The molecular weight excluding hydrogens is 240 g/mol. The van der Waals surface area contributed by atoms with Crippen LogP contribution in [-0.2, 0) is 0 Å². The van der Waals surface area contributed by atoms with Crippen LogP contribution >= 0.6 is 27.3 Å². The second-order valence-corrected chi connectivity index (χ2v) is 4.81. The van der Waals surface area contributed by atoms with Gasteiger partial charge in [-0.25, -0.2) is 4.98 Å². The summed E-state index contributed by atoms with van der Waals surface area (Å²) in [5.74, 6) is 0. The molecule has 0 radical (unpaired) electrons. The van der Waals surface area contributed by atoms with Crippen LogP contribution in [0.4, 0.5) is 5.13 Å². The molecule has 5 heteroatoms. The van der Waals surface area contributed by atoms with Gasteiger partial charge in [0.25, 0.3) is 0 Å². The van der Waals surface area contributed by atoms with Crippen molar-refractivity contribution in [3.05, 3.63) is 9.98 Å². The summed E-state index contributed by atoms with van der Waals surface area (Å²) in [4.78, 5) is 4.10. The highest BCUT2D eigenvalue weighted by Crippen LogP contribution is 2.23. The van der Waals surface area contributed by atoms with Gasteiger partial charge in [-0.05, 0) is 22.4 Å². The van der Waals surface area contributed by atoms with Crippen molar-refractivity contribution in [2.24, 2.45) is 0 Å². The largest absolute Gasteiger partial charge is 0.394 e. The fourth-order valence-electron chi connectivity index (χ4n) is 0.773. The highest BCUT2D eigenvalue weighted by Gasteiger charge is 2.06. The lowest BCUT2D eigenvalue weighted by molar-refractivity contribution is 0.272. The van der Waals surface area contributed by atoms with Gasteiger partial charge in [-0.2, -0.15) is 0 Å². The Hall–Kier alpha value is -0.130. The second kappa shape index (κ2) is 4.79. The van der Waals surface area contributed by atoms with Crippen LogP contribution in [-0.4, -0.2) is 22.7 Å². The lowest BCUT2D eigenvalue weighted by atomic mass is 10.2. The van der Waals surface area contributed by atoms with Gasteiger partial charge in [-0.1, -0.05) is 18.3 Å². The minimum Gasteiger partial charge on any atom is -0.394 e. The summed E-state index contributed by atoms with van der Waals surface area (Å²) >= 11 is 4.85. The molecule has 0 saturated heterocycles. The van der Waals surface area contributed by atoms with Crippen LogP contribution in [0.3, 0.4) is 0 Å². The molecule has 0 fully saturated rings. The second-order valence-electron chi connectivity index (χ2n) is 2.40. The van der Waals surface area contributed by atoms with Gasteiger partial charge < -0.3 is 10.4 Å². The fraction of sp³-hybridized carbons (Fsp3) is 0.571. The van der Waals surface area contributed by atoms with E-state index >= 15 is 0 Å². The highest BCUT2D eigenvalue weighted by molar-refractivity contribution is 9.11. The average Bonchev–Trinajstić information content (AvgIpc) is 2.47. The molecule has 1 aromatic heterocycles. The third-order valence-corrected chi connectivity index (χ3v) is 2.93. The third kappa shape index (κ3) is 2.73. The van der Waals surface area contributed by atoms with Gasteiger partial charge in [0.2, 0.25) is 0 Å². The summed E-state index contributed by atoms with van der Waals surface area (Å²) in [6, 6.07) is 0.114. The Bertz CT molecular complexity index is 237. The monoisotopic (exact) mass is 250 g/mol. The van der Waals surface area contributed by atoms with Crippen molar-refractivity contribution in [3.8, 4) is 0 Å². The first-order valence-electron chi connectivity index (χ1n) is 3.75. The van der Waals surface area contributed by atoms with Crippen molar-refractivity contribution < 1.29 is 5.11 Å². The Morgan fingerprint density at radius 2 is 2.58 bits per heavy atom. The number of hydrogen-bond donors (Lipinski definition) is 2. The Kier molecular flexibility index (Phi) is 3.97. The van der Waals surface area contributed by atoms with Gasteiger partial charge in [-0.15, -0.1) is 0 Å². The van der Waals surface area contributed by atoms with E-state index in [1.54, 1.807) is 6.20 Å². The molecule has 0 unspecified atom stereocenters. The Morgan fingerprint density at radius 3 is 3.00 bits per heavy atom. The minimum absolute atomic E-state index is 0.114. The Balaban J connectivity index is 2.50. The molecule has 0 aliphatic carbocycles. The van der Waals surface area contributed by atoms with Gasteiger partial charge >= 0.3 is 0 Å². The molecule has 68 valence electrons. The van der Waals surface area contributed by atoms with E-state index in [1.165, 1.54) is 11.3 Å². The van der Waals surface area contributed by atoms with Crippen molar-refractivity contribution >= 4 is 32.4 Å². The zero-order valence-electron chi connectivity index (χ0n) is 6.75. The Morgan fingerprint density at radius 1 is 1.83 bits per heavy atom. The first-order valence-corrected chi connectivity index (χ1v) is 5.36. The van der Waals surface area contributed by atoms with Gasteiger partial charge in [0.05, 0.1) is 22.6 Å². The molecule has 1 aromatic rings. The highest BCUT2D eigenvalue weighted by atomic mass is 79.9. The van der Waals surface area contributed by atoms with Gasteiger partial charge in [0.15, 0.2) is 5.13 Å². The van der Waals surface area contributed by atoms with E-state index in [0.717, 1.165) is 15.3 Å². The number of anilines is 1. The topological polar surface area (TPSA) is 45.1 Å². The number of aliphatic hydroxyl groups excluding tert-OH is 1. The number of nitrogens with one attached hydrogen (secondary N) is 1. The van der Waals surface area contributed by atoms with E-state index in [0.29, 0.717) is 0 Å². The molecule has 1 rings (SSSR count). The lowest BCUT2D eigenvalue weighted by Gasteiger charge is -2.11. The summed E-state index contributed by atoms with van der Waals surface area (Å²) in [6.45, 7) is 2.17. The molecular formula is C7H11BrN2OS. The van der Waals surface area contributed by atoms with Crippen molar-refractivity contribution in [1.82, 2.24) is 4.98 Å². The number of thiazole rings is 1. The number of aliphatic hydroxyl groups is 1. The van der Waals surface area contributed by atoms with E-state index in [-0.39, 0.29) is 12.6 Å². The molecule has 0 aromatic carbocycles. The number of aromatic nitrogens is 1. The number of hydrogen-bond acceptors (Lipinski definition) is 4. The Labute approximate surface area is 84.0 Å². The molecule has 0 bridgehead atoms. The molecule has 3 nitrogen and oxygen atoms in total. The lowest BCUT2D eigenvalue weighted by Crippen LogP contribution is -2.22. The predicted molar refractivity (Wildman–Crippen MR) is 54.6 cm³/mol. The number of rotatable bonds is 4. The number of halogens is 1. The van der Waals surface area contributed by atoms with Crippen molar-refractivity contribution in [3.63, 3.8) is 0 Å². The SMILES string of the molecule is CC[C@H](CO)Nc1ncc(Br)s1. The zero-order chi connectivity index (χ0) is 8.97. The predicted octanol–water partition coefficient (Wildman–Crippen LogP) is 2.09. The normalized spacial score (nSPS) is 12.9. The van der Waals surface area contributed by atoms with Gasteiger partial charge in [0, 0.05) is 0 Å². The molecule has 0 amide bonds. The number of nitrogens with zero attached hydrogens (tertiary/aromatic N) is 1. The third-order valence-electron chi connectivity index (χ3n) is 1.52. The molecule has 0 saturated carbocycles. The average molecular weight is 251 g/mol. The van der Waals surface area contributed by atoms with Crippen LogP contribution in [0, 0.1) is 0 Å². The summed E-state index contributed by atoms with van der Waals surface area (Å²) < 4.78 is 0.998. The van der Waals surface area contributed by atoms with E-state index < -0.39 is 0 Å². The van der Waals surface area contributed by atoms with Crippen LogP contribution < -0.4 is 5.32 Å². The fourth-order valence-corrected chi connectivity index (χ4v) is 1.96. The van der Waals surface area contributed by atoms with Crippen LogP contribution in [0.2, 0.25) is 0 Å². The molecule has 12 heavy (non-hydrogen) atoms. The van der Waals surface area contributed by atoms with E-state index in [4.69, 9.17) is 5.11 Å². The first-order chi connectivity index (χ1) is 5.76. The smallest absolute Gasteiger partial charge is 0.184 e.